The number of halogens is 1. The Hall–Kier alpha value is -2.24. The van der Waals surface area contributed by atoms with Crippen molar-refractivity contribution in [3.8, 4) is 5.69 Å². The van der Waals surface area contributed by atoms with Crippen molar-refractivity contribution in [2.75, 3.05) is 6.54 Å². The van der Waals surface area contributed by atoms with E-state index in [-0.39, 0.29) is 17.5 Å². The van der Waals surface area contributed by atoms with Gasteiger partial charge in [0.2, 0.25) is 5.82 Å². The number of amides is 1. The highest BCUT2D eigenvalue weighted by Gasteiger charge is 2.15. The second-order valence-electron chi connectivity index (χ2n) is 4.97. The van der Waals surface area contributed by atoms with E-state index in [0.717, 1.165) is 0 Å². The first kappa shape index (κ1) is 14.2. The fourth-order valence-electron chi connectivity index (χ4n) is 1.69. The molecule has 20 heavy (non-hydrogen) atoms. The van der Waals surface area contributed by atoms with Gasteiger partial charge in [-0.3, -0.25) is 4.79 Å². The molecule has 0 saturated carbocycles. The van der Waals surface area contributed by atoms with E-state index in [0.29, 0.717) is 24.0 Å². The summed E-state index contributed by atoms with van der Waals surface area (Å²) in [6.07, 6.45) is 0. The summed E-state index contributed by atoms with van der Waals surface area (Å²) in [5.41, 5.74) is 0.666. The minimum atomic E-state index is -0.318. The molecule has 1 amide bonds. The number of nitrogens with zero attached hydrogens (tertiary/aromatic N) is 3. The van der Waals surface area contributed by atoms with Gasteiger partial charge in [-0.1, -0.05) is 13.8 Å². The van der Waals surface area contributed by atoms with Crippen molar-refractivity contribution in [1.29, 1.82) is 0 Å². The van der Waals surface area contributed by atoms with E-state index in [1.165, 1.54) is 16.8 Å². The van der Waals surface area contributed by atoms with Gasteiger partial charge in [0.25, 0.3) is 5.91 Å². The first-order chi connectivity index (χ1) is 9.47. The molecule has 2 aromatic rings. The molecule has 0 spiro atoms. The molecule has 6 heteroatoms. The van der Waals surface area contributed by atoms with Crippen LogP contribution in [0.3, 0.4) is 0 Å². The molecule has 1 heterocycles. The van der Waals surface area contributed by atoms with Crippen molar-refractivity contribution in [3.05, 3.63) is 41.7 Å². The van der Waals surface area contributed by atoms with Crippen LogP contribution >= 0.6 is 0 Å². The molecule has 1 aromatic carbocycles. The Morgan fingerprint density at radius 1 is 1.35 bits per heavy atom. The zero-order valence-electron chi connectivity index (χ0n) is 11.7. The van der Waals surface area contributed by atoms with Crippen molar-refractivity contribution in [3.63, 3.8) is 0 Å². The Bertz CT molecular complexity index is 604. The zero-order chi connectivity index (χ0) is 14.7. The van der Waals surface area contributed by atoms with Crippen LogP contribution in [-0.2, 0) is 0 Å². The summed E-state index contributed by atoms with van der Waals surface area (Å²) in [4.78, 5) is 16.0. The molecule has 106 valence electrons. The molecule has 0 aliphatic heterocycles. The van der Waals surface area contributed by atoms with Gasteiger partial charge < -0.3 is 5.32 Å². The maximum absolute atomic E-state index is 12.9. The van der Waals surface area contributed by atoms with Crippen LogP contribution < -0.4 is 5.32 Å². The van der Waals surface area contributed by atoms with Gasteiger partial charge in [-0.05, 0) is 37.1 Å². The lowest BCUT2D eigenvalue weighted by Gasteiger charge is -2.04. The fraction of sp³-hybridized carbons (Fsp3) is 0.357. The van der Waals surface area contributed by atoms with E-state index >= 15 is 0 Å². The average Bonchev–Trinajstić information content (AvgIpc) is 2.79. The molecule has 0 unspecified atom stereocenters. The van der Waals surface area contributed by atoms with Gasteiger partial charge in [-0.15, -0.1) is 5.10 Å². The largest absolute Gasteiger partial charge is 0.349 e. The summed E-state index contributed by atoms with van der Waals surface area (Å²) >= 11 is 0. The Morgan fingerprint density at radius 2 is 2.00 bits per heavy atom. The van der Waals surface area contributed by atoms with Gasteiger partial charge in [0.1, 0.15) is 11.6 Å². The SMILES string of the molecule is Cc1nc(C(=O)NCC(C)C)nn1-c1ccc(F)cc1. The monoisotopic (exact) mass is 276 g/mol. The normalized spacial score (nSPS) is 10.8. The van der Waals surface area contributed by atoms with Crippen LogP contribution in [0.25, 0.3) is 5.69 Å². The molecular formula is C14H17FN4O. The zero-order valence-corrected chi connectivity index (χ0v) is 11.7. The second-order valence-corrected chi connectivity index (χ2v) is 4.97. The number of carbonyl (C=O) groups is 1. The van der Waals surface area contributed by atoms with Crippen LogP contribution in [0.2, 0.25) is 0 Å². The molecule has 1 aromatic heterocycles. The second kappa shape index (κ2) is 5.81. The lowest BCUT2D eigenvalue weighted by atomic mass is 10.2. The number of aromatic nitrogens is 3. The van der Waals surface area contributed by atoms with Gasteiger partial charge in [-0.2, -0.15) is 0 Å². The quantitative estimate of drug-likeness (QED) is 0.930. The molecule has 5 nitrogen and oxygen atoms in total. The number of benzene rings is 1. The number of carbonyl (C=O) groups excluding carboxylic acids is 1. The number of hydrogen-bond acceptors (Lipinski definition) is 3. The minimum Gasteiger partial charge on any atom is -0.349 e. The third kappa shape index (κ3) is 3.20. The Kier molecular flexibility index (Phi) is 4.12. The highest BCUT2D eigenvalue weighted by Crippen LogP contribution is 2.10. The molecule has 0 saturated heterocycles. The maximum Gasteiger partial charge on any atom is 0.290 e. The van der Waals surface area contributed by atoms with Gasteiger partial charge >= 0.3 is 0 Å². The summed E-state index contributed by atoms with van der Waals surface area (Å²) in [5.74, 6) is 0.432. The molecule has 0 radical (unpaired) electrons. The predicted octanol–water partition coefficient (Wildman–Crippen LogP) is 2.10. The first-order valence-electron chi connectivity index (χ1n) is 6.45. The molecule has 0 bridgehead atoms. The Balaban J connectivity index is 2.21. The summed E-state index contributed by atoms with van der Waals surface area (Å²) in [7, 11) is 0. The third-order valence-electron chi connectivity index (χ3n) is 2.71. The minimum absolute atomic E-state index is 0.118. The van der Waals surface area contributed by atoms with Crippen molar-refractivity contribution in [1.82, 2.24) is 20.1 Å². The predicted molar refractivity (Wildman–Crippen MR) is 73.2 cm³/mol. The number of hydrogen-bond donors (Lipinski definition) is 1. The van der Waals surface area contributed by atoms with Crippen molar-refractivity contribution in [2.24, 2.45) is 5.92 Å². The molecule has 0 aliphatic carbocycles. The Labute approximate surface area is 116 Å². The molecule has 0 fully saturated rings. The number of aryl methyl sites for hydroxylation is 1. The molecule has 1 N–H and O–H groups in total. The van der Waals surface area contributed by atoms with Crippen molar-refractivity contribution in [2.45, 2.75) is 20.8 Å². The molecule has 2 rings (SSSR count). The molecular weight excluding hydrogens is 259 g/mol. The fourth-order valence-corrected chi connectivity index (χ4v) is 1.69. The van der Waals surface area contributed by atoms with Crippen molar-refractivity contribution >= 4 is 5.91 Å². The first-order valence-corrected chi connectivity index (χ1v) is 6.45. The van der Waals surface area contributed by atoms with E-state index in [1.54, 1.807) is 19.1 Å². The van der Waals surface area contributed by atoms with E-state index in [2.05, 4.69) is 15.4 Å². The van der Waals surface area contributed by atoms with Crippen LogP contribution in [0, 0.1) is 18.7 Å². The summed E-state index contributed by atoms with van der Waals surface area (Å²) in [6, 6.07) is 5.86. The molecule has 0 aliphatic rings. The number of rotatable bonds is 4. The summed E-state index contributed by atoms with van der Waals surface area (Å²) in [5, 5.41) is 6.92. The number of nitrogens with one attached hydrogen (secondary N) is 1. The highest BCUT2D eigenvalue weighted by molar-refractivity contribution is 5.90. The lowest BCUT2D eigenvalue weighted by molar-refractivity contribution is 0.0938. The maximum atomic E-state index is 12.9. The van der Waals surface area contributed by atoms with Gasteiger partial charge in [0, 0.05) is 6.54 Å². The lowest BCUT2D eigenvalue weighted by Crippen LogP contribution is -2.28. The van der Waals surface area contributed by atoms with Gasteiger partial charge in [0.15, 0.2) is 0 Å². The summed E-state index contributed by atoms with van der Waals surface area (Å²) < 4.78 is 14.4. The smallest absolute Gasteiger partial charge is 0.290 e. The van der Waals surface area contributed by atoms with Crippen molar-refractivity contribution < 1.29 is 9.18 Å². The van der Waals surface area contributed by atoms with E-state index in [9.17, 15) is 9.18 Å². The average molecular weight is 276 g/mol. The highest BCUT2D eigenvalue weighted by atomic mass is 19.1. The van der Waals surface area contributed by atoms with Crippen LogP contribution in [-0.4, -0.2) is 27.2 Å². The van der Waals surface area contributed by atoms with Crippen LogP contribution in [0.1, 0.15) is 30.3 Å². The van der Waals surface area contributed by atoms with E-state index < -0.39 is 0 Å². The Morgan fingerprint density at radius 3 is 2.60 bits per heavy atom. The van der Waals surface area contributed by atoms with Gasteiger partial charge in [0.05, 0.1) is 5.69 Å². The third-order valence-corrected chi connectivity index (χ3v) is 2.71. The van der Waals surface area contributed by atoms with Crippen LogP contribution in [0.5, 0.6) is 0 Å². The summed E-state index contributed by atoms with van der Waals surface area (Å²) in [6.45, 7) is 6.34. The van der Waals surface area contributed by atoms with Crippen LogP contribution in [0.4, 0.5) is 4.39 Å². The van der Waals surface area contributed by atoms with Gasteiger partial charge in [-0.25, -0.2) is 14.1 Å². The topological polar surface area (TPSA) is 59.8 Å². The molecule has 0 atom stereocenters. The van der Waals surface area contributed by atoms with Crippen LogP contribution in [0.15, 0.2) is 24.3 Å². The van der Waals surface area contributed by atoms with E-state index in [4.69, 9.17) is 0 Å². The van der Waals surface area contributed by atoms with E-state index in [1.807, 2.05) is 13.8 Å². The standard InChI is InChI=1S/C14H17FN4O/c1-9(2)8-16-14(20)13-17-10(3)19(18-13)12-6-4-11(15)5-7-12/h4-7,9H,8H2,1-3H3,(H,16,20).